The molecule has 1 saturated heterocycles. The van der Waals surface area contributed by atoms with E-state index in [0.717, 1.165) is 37.9 Å². The summed E-state index contributed by atoms with van der Waals surface area (Å²) in [6, 6.07) is 8.51. The molecule has 1 aromatic carbocycles. The van der Waals surface area contributed by atoms with Gasteiger partial charge in [0.15, 0.2) is 5.78 Å². The maximum Gasteiger partial charge on any atom is 0.493 e. The molecule has 2 fully saturated rings. The first-order valence-corrected chi connectivity index (χ1v) is 9.41. The van der Waals surface area contributed by atoms with Gasteiger partial charge in [-0.15, -0.1) is 0 Å². The van der Waals surface area contributed by atoms with E-state index in [-0.39, 0.29) is 30.8 Å². The molecule has 25 heavy (non-hydrogen) atoms. The average Bonchev–Trinajstić information content (AvgIpc) is 3.38. The minimum absolute atomic E-state index is 0.0941. The lowest BCUT2D eigenvalue weighted by molar-refractivity contribution is -0.125. The highest BCUT2D eigenvalue weighted by molar-refractivity contribution is 6.61. The summed E-state index contributed by atoms with van der Waals surface area (Å²) in [4.78, 5) is 11.9. The second kappa shape index (κ2) is 8.02. The Hall–Kier alpha value is -1.17. The number of carbonyl (C=O) groups excluding carboxylic acids is 1. The van der Waals surface area contributed by atoms with Gasteiger partial charge in [0.25, 0.3) is 0 Å². The summed E-state index contributed by atoms with van der Waals surface area (Å²) >= 11 is 0. The number of hydrogen-bond acceptors (Lipinski definition) is 4. The summed E-state index contributed by atoms with van der Waals surface area (Å²) in [6.45, 7) is 8.56. The SMILES string of the molecule is CCOCC(=O)[C@@H]1C[C@H]1CCc1ccc(B2OCC(C)(C)CO2)cc1. The van der Waals surface area contributed by atoms with Crippen molar-refractivity contribution in [1.29, 1.82) is 0 Å². The first kappa shape index (κ1) is 18.6. The molecule has 5 heteroatoms. The third-order valence-corrected chi connectivity index (χ3v) is 5.09. The Labute approximate surface area is 151 Å². The van der Waals surface area contributed by atoms with E-state index in [9.17, 15) is 4.79 Å². The van der Waals surface area contributed by atoms with Gasteiger partial charge in [-0.3, -0.25) is 4.79 Å². The van der Waals surface area contributed by atoms with Crippen LogP contribution in [0.25, 0.3) is 0 Å². The van der Waals surface area contributed by atoms with Crippen LogP contribution < -0.4 is 5.46 Å². The van der Waals surface area contributed by atoms with E-state index >= 15 is 0 Å². The van der Waals surface area contributed by atoms with Crippen molar-refractivity contribution in [3.05, 3.63) is 29.8 Å². The smallest absolute Gasteiger partial charge is 0.407 e. The maximum atomic E-state index is 11.9. The molecule has 3 rings (SSSR count). The van der Waals surface area contributed by atoms with Crippen molar-refractivity contribution >= 4 is 18.4 Å². The largest absolute Gasteiger partial charge is 0.493 e. The highest BCUT2D eigenvalue weighted by Gasteiger charge is 2.41. The van der Waals surface area contributed by atoms with Crippen molar-refractivity contribution in [2.45, 2.75) is 40.0 Å². The Balaban J connectivity index is 1.42. The summed E-state index contributed by atoms with van der Waals surface area (Å²) in [5.74, 6) is 1.05. The van der Waals surface area contributed by atoms with Gasteiger partial charge in [0.2, 0.25) is 0 Å². The maximum absolute atomic E-state index is 11.9. The van der Waals surface area contributed by atoms with Crippen LogP contribution in [0.5, 0.6) is 0 Å². The zero-order valence-electron chi connectivity index (χ0n) is 15.6. The molecular weight excluding hydrogens is 315 g/mol. The molecule has 0 N–H and O–H groups in total. The van der Waals surface area contributed by atoms with E-state index in [4.69, 9.17) is 14.0 Å². The molecule has 1 saturated carbocycles. The van der Waals surface area contributed by atoms with Gasteiger partial charge in [0.1, 0.15) is 6.61 Å². The lowest BCUT2D eigenvalue weighted by atomic mass is 9.75. The van der Waals surface area contributed by atoms with Crippen molar-refractivity contribution in [3.63, 3.8) is 0 Å². The molecule has 0 radical (unpaired) electrons. The summed E-state index contributed by atoms with van der Waals surface area (Å²) in [5, 5.41) is 0. The number of aryl methyl sites for hydroxylation is 1. The van der Waals surface area contributed by atoms with Crippen LogP contribution in [-0.4, -0.2) is 39.3 Å². The van der Waals surface area contributed by atoms with Crippen molar-refractivity contribution in [2.24, 2.45) is 17.3 Å². The standard InChI is InChI=1S/C20H29BO4/c1-4-23-12-19(22)18-11-16(18)8-5-15-6-9-17(10-7-15)21-24-13-20(2,3)14-25-21/h6-7,9-10,16,18H,4-5,8,11-14H2,1-3H3/t16-,18-/m1/s1. The highest BCUT2D eigenvalue weighted by Crippen LogP contribution is 2.42. The van der Waals surface area contributed by atoms with E-state index in [1.54, 1.807) is 0 Å². The Morgan fingerprint density at radius 3 is 2.56 bits per heavy atom. The fourth-order valence-corrected chi connectivity index (χ4v) is 3.35. The third-order valence-electron chi connectivity index (χ3n) is 5.09. The number of ether oxygens (including phenoxy) is 1. The van der Waals surface area contributed by atoms with Gasteiger partial charge in [-0.05, 0) is 43.1 Å². The Morgan fingerprint density at radius 1 is 1.24 bits per heavy atom. The van der Waals surface area contributed by atoms with E-state index in [0.29, 0.717) is 12.5 Å². The Bertz CT molecular complexity index is 574. The lowest BCUT2D eigenvalue weighted by Gasteiger charge is -2.33. The molecule has 0 aromatic heterocycles. The predicted molar refractivity (Wildman–Crippen MR) is 98.9 cm³/mol. The molecule has 2 atom stereocenters. The molecular formula is C20H29BO4. The molecule has 2 aliphatic rings. The van der Waals surface area contributed by atoms with Gasteiger partial charge in [-0.25, -0.2) is 0 Å². The number of carbonyl (C=O) groups is 1. The van der Waals surface area contributed by atoms with E-state index < -0.39 is 0 Å². The number of ketones is 1. The normalized spacial score (nSPS) is 25.0. The van der Waals surface area contributed by atoms with E-state index in [2.05, 4.69) is 38.1 Å². The predicted octanol–water partition coefficient (Wildman–Crippen LogP) is 2.63. The number of rotatable bonds is 8. The highest BCUT2D eigenvalue weighted by atomic mass is 16.6. The summed E-state index contributed by atoms with van der Waals surface area (Å²) < 4.78 is 16.9. The number of benzene rings is 1. The van der Waals surface area contributed by atoms with Gasteiger partial charge in [0.05, 0.1) is 0 Å². The Kier molecular flexibility index (Phi) is 5.98. The van der Waals surface area contributed by atoms with Crippen LogP contribution in [0.1, 0.15) is 39.2 Å². The van der Waals surface area contributed by atoms with Crippen LogP contribution in [0, 0.1) is 17.3 Å². The number of hydrogen-bond donors (Lipinski definition) is 0. The molecule has 1 aliphatic carbocycles. The zero-order chi connectivity index (χ0) is 17.9. The molecule has 1 aromatic rings. The fourth-order valence-electron chi connectivity index (χ4n) is 3.35. The average molecular weight is 344 g/mol. The zero-order valence-corrected chi connectivity index (χ0v) is 15.6. The van der Waals surface area contributed by atoms with Crippen molar-refractivity contribution in [1.82, 2.24) is 0 Å². The summed E-state index contributed by atoms with van der Waals surface area (Å²) in [6.07, 6.45) is 3.12. The van der Waals surface area contributed by atoms with Gasteiger partial charge >= 0.3 is 7.12 Å². The molecule has 1 aliphatic heterocycles. The first-order chi connectivity index (χ1) is 12.0. The van der Waals surface area contributed by atoms with E-state index in [1.807, 2.05) is 6.92 Å². The number of Topliss-reactive ketones (excluding diaryl/α,β-unsaturated/α-hetero) is 1. The third kappa shape index (κ3) is 5.16. The van der Waals surface area contributed by atoms with Crippen molar-refractivity contribution in [2.75, 3.05) is 26.4 Å². The summed E-state index contributed by atoms with van der Waals surface area (Å²) in [7, 11) is -0.244. The van der Waals surface area contributed by atoms with Crippen LogP contribution >= 0.6 is 0 Å². The molecule has 0 amide bonds. The molecule has 1 heterocycles. The van der Waals surface area contributed by atoms with Crippen LogP contribution in [0.4, 0.5) is 0 Å². The van der Waals surface area contributed by atoms with Gasteiger partial charge in [-0.1, -0.05) is 38.1 Å². The van der Waals surface area contributed by atoms with Gasteiger partial charge in [0, 0.05) is 31.2 Å². The minimum atomic E-state index is -0.244. The van der Waals surface area contributed by atoms with Crippen LogP contribution in [-0.2, 0) is 25.3 Å². The quantitative estimate of drug-likeness (QED) is 0.680. The van der Waals surface area contributed by atoms with E-state index in [1.165, 1.54) is 5.56 Å². The van der Waals surface area contributed by atoms with Gasteiger partial charge in [-0.2, -0.15) is 0 Å². The molecule has 0 bridgehead atoms. The topological polar surface area (TPSA) is 44.8 Å². The second-order valence-electron chi connectivity index (χ2n) is 8.10. The van der Waals surface area contributed by atoms with Crippen LogP contribution in [0.2, 0.25) is 0 Å². The monoisotopic (exact) mass is 344 g/mol. The molecule has 136 valence electrons. The molecule has 0 spiro atoms. The second-order valence-corrected chi connectivity index (χ2v) is 8.10. The van der Waals surface area contributed by atoms with Crippen molar-refractivity contribution in [3.8, 4) is 0 Å². The molecule has 0 unspecified atom stereocenters. The van der Waals surface area contributed by atoms with Gasteiger partial charge < -0.3 is 14.0 Å². The van der Waals surface area contributed by atoms with Crippen molar-refractivity contribution < 1.29 is 18.8 Å². The summed E-state index contributed by atoms with van der Waals surface area (Å²) in [5.41, 5.74) is 2.48. The van der Waals surface area contributed by atoms with Crippen LogP contribution in [0.15, 0.2) is 24.3 Å². The fraction of sp³-hybridized carbons (Fsp3) is 0.650. The minimum Gasteiger partial charge on any atom is -0.407 e. The Morgan fingerprint density at radius 2 is 1.92 bits per heavy atom. The first-order valence-electron chi connectivity index (χ1n) is 9.41. The molecule has 4 nitrogen and oxygen atoms in total. The lowest BCUT2D eigenvalue weighted by Crippen LogP contribution is -2.47. The van der Waals surface area contributed by atoms with Crippen LogP contribution in [0.3, 0.4) is 0 Å².